The van der Waals surface area contributed by atoms with E-state index in [1.807, 2.05) is 0 Å². The van der Waals surface area contributed by atoms with Gasteiger partial charge in [-0.2, -0.15) is 0 Å². The van der Waals surface area contributed by atoms with Crippen molar-refractivity contribution in [3.8, 4) is 0 Å². The summed E-state index contributed by atoms with van der Waals surface area (Å²) in [5.74, 6) is 1.77. The summed E-state index contributed by atoms with van der Waals surface area (Å²) in [6.45, 7) is 10.8. The van der Waals surface area contributed by atoms with Crippen molar-refractivity contribution in [3.63, 3.8) is 0 Å². The molecule has 3 aliphatic heterocycles. The van der Waals surface area contributed by atoms with Crippen LogP contribution in [0.1, 0.15) is 58.8 Å². The van der Waals surface area contributed by atoms with Crippen molar-refractivity contribution in [1.29, 1.82) is 0 Å². The van der Waals surface area contributed by atoms with Gasteiger partial charge in [0, 0.05) is 24.7 Å². The fourth-order valence-electron chi connectivity index (χ4n) is 5.18. The quantitative estimate of drug-likeness (QED) is 0.868. The Bertz CT molecular complexity index is 343. The lowest BCUT2D eigenvalue weighted by atomic mass is 9.81. The molecule has 0 aliphatic carbocycles. The first-order valence-electron chi connectivity index (χ1n) is 9.34. The first-order valence-corrected chi connectivity index (χ1v) is 9.34. The molecule has 0 aromatic carbocycles. The van der Waals surface area contributed by atoms with Gasteiger partial charge in [-0.05, 0) is 76.4 Å². The zero-order valence-corrected chi connectivity index (χ0v) is 14.2. The van der Waals surface area contributed by atoms with Crippen LogP contribution in [0.25, 0.3) is 0 Å². The van der Waals surface area contributed by atoms with Crippen molar-refractivity contribution >= 4 is 0 Å². The van der Waals surface area contributed by atoms with E-state index in [1.165, 1.54) is 71.1 Å². The Morgan fingerprint density at radius 1 is 1.05 bits per heavy atom. The van der Waals surface area contributed by atoms with Gasteiger partial charge in [-0.1, -0.05) is 13.8 Å². The summed E-state index contributed by atoms with van der Waals surface area (Å²) < 4.78 is 0. The molecule has 3 heterocycles. The number of hydrogen-bond acceptors (Lipinski definition) is 3. The van der Waals surface area contributed by atoms with Gasteiger partial charge in [0.05, 0.1) is 0 Å². The van der Waals surface area contributed by atoms with Crippen LogP contribution in [0.5, 0.6) is 0 Å². The number of nitrogens with two attached hydrogens (primary N) is 1. The molecule has 3 aliphatic rings. The maximum atomic E-state index is 6.34. The van der Waals surface area contributed by atoms with Crippen molar-refractivity contribution in [3.05, 3.63) is 0 Å². The molecule has 0 aromatic heterocycles. The molecule has 3 atom stereocenters. The molecule has 0 aromatic rings. The Hall–Kier alpha value is -0.120. The van der Waals surface area contributed by atoms with Crippen LogP contribution in [-0.4, -0.2) is 54.1 Å². The molecule has 3 heteroatoms. The summed E-state index contributed by atoms with van der Waals surface area (Å²) in [6.07, 6.45) is 9.62. The van der Waals surface area contributed by atoms with Gasteiger partial charge in [-0.3, -0.25) is 4.90 Å². The normalized spacial score (nSPS) is 39.4. The van der Waals surface area contributed by atoms with Gasteiger partial charge >= 0.3 is 0 Å². The predicted molar refractivity (Wildman–Crippen MR) is 89.4 cm³/mol. The second-order valence-corrected chi connectivity index (χ2v) is 8.14. The standard InChI is InChI=1S/C18H35N3/c1-15(2)16-5-3-10-21(11-7-16)18(14-19)8-12-20-9-4-6-17(20)13-18/h15-17H,3-14,19H2,1-2H3. The van der Waals surface area contributed by atoms with E-state index in [9.17, 15) is 0 Å². The smallest absolute Gasteiger partial charge is 0.0358 e. The SMILES string of the molecule is CC(C)C1CCCN(C2(CN)CCN3CCCC3C2)CC1. The summed E-state index contributed by atoms with van der Waals surface area (Å²) in [5.41, 5.74) is 6.65. The number of hydrogen-bond donors (Lipinski definition) is 1. The molecular formula is C18H35N3. The third-order valence-electron chi connectivity index (χ3n) is 6.75. The number of fused-ring (bicyclic) bond motifs is 1. The summed E-state index contributed by atoms with van der Waals surface area (Å²) in [6, 6.07) is 0.825. The predicted octanol–water partition coefficient (Wildman–Crippen LogP) is 2.70. The lowest BCUT2D eigenvalue weighted by Crippen LogP contribution is -2.61. The van der Waals surface area contributed by atoms with Crippen LogP contribution < -0.4 is 5.73 Å². The third-order valence-corrected chi connectivity index (χ3v) is 6.75. The maximum Gasteiger partial charge on any atom is 0.0358 e. The Morgan fingerprint density at radius 3 is 2.62 bits per heavy atom. The molecule has 3 unspecified atom stereocenters. The van der Waals surface area contributed by atoms with Gasteiger partial charge in [0.1, 0.15) is 0 Å². The van der Waals surface area contributed by atoms with Gasteiger partial charge in [0.15, 0.2) is 0 Å². The third kappa shape index (κ3) is 3.16. The fraction of sp³-hybridized carbons (Fsp3) is 1.00. The molecule has 3 nitrogen and oxygen atoms in total. The molecule has 0 radical (unpaired) electrons. The number of nitrogens with zero attached hydrogens (tertiary/aromatic N) is 2. The minimum absolute atomic E-state index is 0.317. The molecule has 122 valence electrons. The minimum atomic E-state index is 0.317. The molecule has 3 fully saturated rings. The van der Waals surface area contributed by atoms with E-state index in [0.717, 1.165) is 24.4 Å². The van der Waals surface area contributed by atoms with Crippen LogP contribution in [0.2, 0.25) is 0 Å². The largest absolute Gasteiger partial charge is 0.329 e. The highest BCUT2D eigenvalue weighted by Gasteiger charge is 2.44. The van der Waals surface area contributed by atoms with Gasteiger partial charge in [-0.15, -0.1) is 0 Å². The van der Waals surface area contributed by atoms with Crippen LogP contribution >= 0.6 is 0 Å². The highest BCUT2D eigenvalue weighted by Crippen LogP contribution is 2.38. The molecule has 0 saturated carbocycles. The Balaban J connectivity index is 1.68. The first-order chi connectivity index (χ1) is 10.1. The van der Waals surface area contributed by atoms with Crippen LogP contribution in [-0.2, 0) is 0 Å². The fourth-order valence-corrected chi connectivity index (χ4v) is 5.18. The Labute approximate surface area is 131 Å². The van der Waals surface area contributed by atoms with E-state index in [0.29, 0.717) is 5.54 Å². The van der Waals surface area contributed by atoms with Crippen LogP contribution in [0.15, 0.2) is 0 Å². The second kappa shape index (κ2) is 6.55. The number of likely N-dealkylation sites (tertiary alicyclic amines) is 1. The van der Waals surface area contributed by atoms with Crippen molar-refractivity contribution < 1.29 is 0 Å². The van der Waals surface area contributed by atoms with Gasteiger partial charge < -0.3 is 10.6 Å². The van der Waals surface area contributed by atoms with E-state index in [-0.39, 0.29) is 0 Å². The molecule has 0 spiro atoms. The average molecular weight is 293 g/mol. The van der Waals surface area contributed by atoms with Crippen LogP contribution in [0, 0.1) is 11.8 Å². The second-order valence-electron chi connectivity index (χ2n) is 8.14. The lowest BCUT2D eigenvalue weighted by Gasteiger charge is -2.50. The molecule has 3 saturated heterocycles. The summed E-state index contributed by atoms with van der Waals surface area (Å²) in [4.78, 5) is 5.54. The Kier molecular flexibility index (Phi) is 4.92. The maximum absolute atomic E-state index is 6.34. The minimum Gasteiger partial charge on any atom is -0.329 e. The van der Waals surface area contributed by atoms with Gasteiger partial charge in [-0.25, -0.2) is 0 Å². The Morgan fingerprint density at radius 2 is 1.86 bits per heavy atom. The summed E-state index contributed by atoms with van der Waals surface area (Å²) in [7, 11) is 0. The van der Waals surface area contributed by atoms with Crippen molar-refractivity contribution in [2.45, 2.75) is 70.4 Å². The van der Waals surface area contributed by atoms with Crippen LogP contribution in [0.3, 0.4) is 0 Å². The molecule has 3 rings (SSSR count). The molecular weight excluding hydrogens is 258 g/mol. The topological polar surface area (TPSA) is 32.5 Å². The van der Waals surface area contributed by atoms with Gasteiger partial charge in [0.25, 0.3) is 0 Å². The monoisotopic (exact) mass is 293 g/mol. The lowest BCUT2D eigenvalue weighted by molar-refractivity contribution is 0.0113. The number of piperidine rings is 1. The van der Waals surface area contributed by atoms with E-state index in [4.69, 9.17) is 5.73 Å². The average Bonchev–Trinajstić information content (AvgIpc) is 2.79. The summed E-state index contributed by atoms with van der Waals surface area (Å²) in [5, 5.41) is 0. The van der Waals surface area contributed by atoms with Crippen molar-refractivity contribution in [1.82, 2.24) is 9.80 Å². The molecule has 0 bridgehead atoms. The zero-order chi connectivity index (χ0) is 14.9. The summed E-state index contributed by atoms with van der Waals surface area (Å²) >= 11 is 0. The van der Waals surface area contributed by atoms with Crippen molar-refractivity contribution in [2.24, 2.45) is 17.6 Å². The van der Waals surface area contributed by atoms with E-state index in [2.05, 4.69) is 23.6 Å². The zero-order valence-electron chi connectivity index (χ0n) is 14.2. The van der Waals surface area contributed by atoms with E-state index >= 15 is 0 Å². The number of rotatable bonds is 3. The first kappa shape index (κ1) is 15.8. The highest BCUT2D eigenvalue weighted by atomic mass is 15.3. The van der Waals surface area contributed by atoms with E-state index < -0.39 is 0 Å². The molecule has 0 amide bonds. The highest BCUT2D eigenvalue weighted by molar-refractivity contribution is 5.02. The van der Waals surface area contributed by atoms with Crippen molar-refractivity contribution in [2.75, 3.05) is 32.7 Å². The van der Waals surface area contributed by atoms with Gasteiger partial charge in [0.2, 0.25) is 0 Å². The molecule has 21 heavy (non-hydrogen) atoms. The van der Waals surface area contributed by atoms with Crippen LogP contribution in [0.4, 0.5) is 0 Å². The van der Waals surface area contributed by atoms with E-state index in [1.54, 1.807) is 0 Å². The molecule has 2 N–H and O–H groups in total.